The molecule has 0 amide bonds. The zero-order chi connectivity index (χ0) is 11.4. The molecule has 0 aliphatic heterocycles. The molecule has 0 aromatic heterocycles. The summed E-state index contributed by atoms with van der Waals surface area (Å²) in [5.41, 5.74) is -0.112. The lowest BCUT2D eigenvalue weighted by Crippen LogP contribution is -2.54. The van der Waals surface area contributed by atoms with Crippen molar-refractivity contribution in [3.05, 3.63) is 0 Å². The molecule has 0 aromatic carbocycles. The van der Waals surface area contributed by atoms with E-state index in [0.29, 0.717) is 5.92 Å². The third-order valence-corrected chi connectivity index (χ3v) is 3.49. The molecule has 86 valence electrons. The standard InChI is InChI=1S/C12H27NO/c1-7-10(4)11(14)12(5,6)13(8-2)9-3/h10-11,14H,7-9H2,1-6H3. The van der Waals surface area contributed by atoms with Gasteiger partial charge in [0.05, 0.1) is 6.10 Å². The van der Waals surface area contributed by atoms with Crippen LogP contribution in [0.15, 0.2) is 0 Å². The summed E-state index contributed by atoms with van der Waals surface area (Å²) in [6, 6.07) is 0. The quantitative estimate of drug-likeness (QED) is 0.714. The fraction of sp³-hybridized carbons (Fsp3) is 1.00. The highest BCUT2D eigenvalue weighted by Crippen LogP contribution is 2.25. The van der Waals surface area contributed by atoms with Crippen molar-refractivity contribution >= 4 is 0 Å². The largest absolute Gasteiger partial charge is 0.391 e. The summed E-state index contributed by atoms with van der Waals surface area (Å²) in [4.78, 5) is 2.32. The summed E-state index contributed by atoms with van der Waals surface area (Å²) < 4.78 is 0. The van der Waals surface area contributed by atoms with Crippen LogP contribution in [0.2, 0.25) is 0 Å². The summed E-state index contributed by atoms with van der Waals surface area (Å²) in [7, 11) is 0. The Morgan fingerprint density at radius 3 is 1.86 bits per heavy atom. The van der Waals surface area contributed by atoms with Crippen LogP contribution in [-0.2, 0) is 0 Å². The van der Waals surface area contributed by atoms with Gasteiger partial charge in [0, 0.05) is 5.54 Å². The van der Waals surface area contributed by atoms with Crippen LogP contribution < -0.4 is 0 Å². The van der Waals surface area contributed by atoms with E-state index >= 15 is 0 Å². The molecule has 14 heavy (non-hydrogen) atoms. The van der Waals surface area contributed by atoms with Crippen LogP contribution in [0.1, 0.15) is 48.0 Å². The van der Waals surface area contributed by atoms with E-state index in [4.69, 9.17) is 0 Å². The van der Waals surface area contributed by atoms with Gasteiger partial charge >= 0.3 is 0 Å². The summed E-state index contributed by atoms with van der Waals surface area (Å²) in [6.07, 6.45) is 0.790. The number of hydrogen-bond donors (Lipinski definition) is 1. The number of rotatable bonds is 6. The van der Waals surface area contributed by atoms with E-state index in [1.807, 2.05) is 0 Å². The Kier molecular flexibility index (Phi) is 5.68. The second kappa shape index (κ2) is 5.72. The fourth-order valence-electron chi connectivity index (χ4n) is 2.15. The maximum absolute atomic E-state index is 10.2. The number of likely N-dealkylation sites (N-methyl/N-ethyl adjacent to an activating group) is 1. The van der Waals surface area contributed by atoms with Crippen molar-refractivity contribution < 1.29 is 5.11 Å². The molecular formula is C12H27NO. The van der Waals surface area contributed by atoms with Gasteiger partial charge in [-0.3, -0.25) is 4.90 Å². The van der Waals surface area contributed by atoms with Gasteiger partial charge < -0.3 is 5.11 Å². The van der Waals surface area contributed by atoms with Gasteiger partial charge in [-0.15, -0.1) is 0 Å². The number of hydrogen-bond acceptors (Lipinski definition) is 2. The number of aliphatic hydroxyl groups excluding tert-OH is 1. The van der Waals surface area contributed by atoms with Gasteiger partial charge in [-0.25, -0.2) is 0 Å². The Labute approximate surface area is 89.3 Å². The summed E-state index contributed by atoms with van der Waals surface area (Å²) in [5, 5.41) is 10.2. The summed E-state index contributed by atoms with van der Waals surface area (Å²) in [6.45, 7) is 14.8. The molecule has 0 aromatic rings. The maximum Gasteiger partial charge on any atom is 0.0743 e. The van der Waals surface area contributed by atoms with E-state index in [2.05, 4.69) is 46.4 Å². The third-order valence-electron chi connectivity index (χ3n) is 3.49. The average Bonchev–Trinajstić information content (AvgIpc) is 2.16. The molecule has 0 saturated carbocycles. The first-order valence-electron chi connectivity index (χ1n) is 5.84. The van der Waals surface area contributed by atoms with Gasteiger partial charge in [-0.2, -0.15) is 0 Å². The normalized spacial score (nSPS) is 17.1. The molecule has 0 spiro atoms. The molecule has 2 unspecified atom stereocenters. The second-order valence-electron chi connectivity index (χ2n) is 4.66. The maximum atomic E-state index is 10.2. The summed E-state index contributed by atoms with van der Waals surface area (Å²) >= 11 is 0. The molecule has 0 aliphatic rings. The van der Waals surface area contributed by atoms with Crippen LogP contribution in [0.5, 0.6) is 0 Å². The lowest BCUT2D eigenvalue weighted by Gasteiger charge is -2.43. The number of aliphatic hydroxyl groups is 1. The SMILES string of the molecule is CCC(C)C(O)C(C)(C)N(CC)CC. The van der Waals surface area contributed by atoms with Gasteiger partial charge in [0.2, 0.25) is 0 Å². The van der Waals surface area contributed by atoms with Crippen LogP contribution in [0.4, 0.5) is 0 Å². The predicted molar refractivity (Wildman–Crippen MR) is 62.5 cm³/mol. The van der Waals surface area contributed by atoms with Crippen molar-refractivity contribution in [1.82, 2.24) is 4.90 Å². The van der Waals surface area contributed by atoms with Crippen LogP contribution in [0, 0.1) is 5.92 Å². The fourth-order valence-corrected chi connectivity index (χ4v) is 2.15. The van der Waals surface area contributed by atoms with Gasteiger partial charge in [0.1, 0.15) is 0 Å². The number of nitrogens with zero attached hydrogens (tertiary/aromatic N) is 1. The first-order valence-corrected chi connectivity index (χ1v) is 5.84. The zero-order valence-electron chi connectivity index (χ0n) is 10.7. The molecule has 0 bridgehead atoms. The molecule has 0 saturated heterocycles. The molecule has 2 atom stereocenters. The van der Waals surface area contributed by atoms with E-state index < -0.39 is 0 Å². The van der Waals surface area contributed by atoms with Gasteiger partial charge in [-0.05, 0) is 32.9 Å². The van der Waals surface area contributed by atoms with Gasteiger partial charge in [0.25, 0.3) is 0 Å². The Balaban J connectivity index is 4.56. The molecule has 0 aliphatic carbocycles. The van der Waals surface area contributed by atoms with E-state index in [1.165, 1.54) is 0 Å². The van der Waals surface area contributed by atoms with E-state index in [1.54, 1.807) is 0 Å². The second-order valence-corrected chi connectivity index (χ2v) is 4.66. The smallest absolute Gasteiger partial charge is 0.0743 e. The van der Waals surface area contributed by atoms with Gasteiger partial charge in [0.15, 0.2) is 0 Å². The van der Waals surface area contributed by atoms with Crippen molar-refractivity contribution in [2.75, 3.05) is 13.1 Å². The Hall–Kier alpha value is -0.0800. The minimum absolute atomic E-state index is 0.112. The molecule has 1 N–H and O–H groups in total. The zero-order valence-corrected chi connectivity index (χ0v) is 10.7. The monoisotopic (exact) mass is 201 g/mol. The highest BCUT2D eigenvalue weighted by Gasteiger charge is 2.35. The minimum Gasteiger partial charge on any atom is -0.391 e. The van der Waals surface area contributed by atoms with Crippen molar-refractivity contribution in [3.63, 3.8) is 0 Å². The minimum atomic E-state index is -0.243. The first kappa shape index (κ1) is 13.9. The molecule has 2 heteroatoms. The lowest BCUT2D eigenvalue weighted by atomic mass is 9.85. The molecule has 0 heterocycles. The van der Waals surface area contributed by atoms with Gasteiger partial charge in [-0.1, -0.05) is 34.1 Å². The average molecular weight is 201 g/mol. The highest BCUT2D eigenvalue weighted by atomic mass is 16.3. The molecule has 0 rings (SSSR count). The Morgan fingerprint density at radius 2 is 1.57 bits per heavy atom. The van der Waals surface area contributed by atoms with Crippen molar-refractivity contribution in [2.45, 2.75) is 59.6 Å². The van der Waals surface area contributed by atoms with E-state index in [-0.39, 0.29) is 11.6 Å². The van der Waals surface area contributed by atoms with Crippen molar-refractivity contribution in [3.8, 4) is 0 Å². The van der Waals surface area contributed by atoms with E-state index in [9.17, 15) is 5.11 Å². The molecular weight excluding hydrogens is 174 g/mol. The third kappa shape index (κ3) is 2.96. The Bertz CT molecular complexity index is 152. The topological polar surface area (TPSA) is 23.5 Å². The molecule has 0 fully saturated rings. The van der Waals surface area contributed by atoms with Crippen molar-refractivity contribution in [1.29, 1.82) is 0 Å². The summed E-state index contributed by atoms with van der Waals surface area (Å²) in [5.74, 6) is 0.366. The first-order chi connectivity index (χ1) is 6.41. The molecule has 0 radical (unpaired) electrons. The van der Waals surface area contributed by atoms with Crippen molar-refractivity contribution in [2.24, 2.45) is 5.92 Å². The van der Waals surface area contributed by atoms with Crippen LogP contribution >= 0.6 is 0 Å². The van der Waals surface area contributed by atoms with E-state index in [0.717, 1.165) is 19.5 Å². The highest BCUT2D eigenvalue weighted by molar-refractivity contribution is 4.90. The molecule has 2 nitrogen and oxygen atoms in total. The predicted octanol–water partition coefficient (Wildman–Crippen LogP) is 2.51. The Morgan fingerprint density at radius 1 is 1.14 bits per heavy atom. The lowest BCUT2D eigenvalue weighted by molar-refractivity contribution is -0.0349. The van der Waals surface area contributed by atoms with Crippen LogP contribution in [0.25, 0.3) is 0 Å². The van der Waals surface area contributed by atoms with Crippen LogP contribution in [0.3, 0.4) is 0 Å². The van der Waals surface area contributed by atoms with Crippen LogP contribution in [-0.4, -0.2) is 34.7 Å².